The molecule has 0 saturated carbocycles. The van der Waals surface area contributed by atoms with Crippen molar-refractivity contribution in [3.63, 3.8) is 0 Å². The molecule has 0 aliphatic heterocycles. The third kappa shape index (κ3) is 3.56. The molecule has 0 aliphatic carbocycles. The SMILES string of the molecule is CNC(c1cc(Br)ccc1Br)c1ccc(F)cc1I. The number of nitrogens with one attached hydrogen (secondary N) is 1. The highest BCUT2D eigenvalue weighted by atomic mass is 127. The van der Waals surface area contributed by atoms with E-state index in [1.54, 1.807) is 6.07 Å². The molecule has 19 heavy (non-hydrogen) atoms. The van der Waals surface area contributed by atoms with E-state index in [0.29, 0.717) is 0 Å². The van der Waals surface area contributed by atoms with Crippen molar-refractivity contribution in [1.82, 2.24) is 5.32 Å². The van der Waals surface area contributed by atoms with Gasteiger partial charge in [-0.05, 0) is 71.1 Å². The summed E-state index contributed by atoms with van der Waals surface area (Å²) in [5.74, 6) is -0.212. The standard InChI is InChI=1S/C14H11Br2FIN/c1-19-14(10-4-3-9(17)7-13(10)18)11-6-8(15)2-5-12(11)16/h2-7,14,19H,1H3. The molecule has 0 aromatic heterocycles. The van der Waals surface area contributed by atoms with Gasteiger partial charge in [-0.25, -0.2) is 4.39 Å². The van der Waals surface area contributed by atoms with Crippen LogP contribution in [0.2, 0.25) is 0 Å². The third-order valence-corrected chi connectivity index (χ3v) is 4.98. The Labute approximate surface area is 142 Å². The molecule has 0 heterocycles. The number of hydrogen-bond donors (Lipinski definition) is 1. The first-order valence-electron chi connectivity index (χ1n) is 5.60. The Kier molecular flexibility index (Phi) is 5.39. The Morgan fingerprint density at radius 1 is 1.11 bits per heavy atom. The van der Waals surface area contributed by atoms with E-state index in [9.17, 15) is 4.39 Å². The van der Waals surface area contributed by atoms with Crippen molar-refractivity contribution in [2.24, 2.45) is 0 Å². The molecule has 1 unspecified atom stereocenters. The summed E-state index contributed by atoms with van der Waals surface area (Å²) in [5.41, 5.74) is 2.17. The summed E-state index contributed by atoms with van der Waals surface area (Å²) in [7, 11) is 1.90. The molecular weight excluding hydrogens is 488 g/mol. The zero-order valence-electron chi connectivity index (χ0n) is 10.1. The van der Waals surface area contributed by atoms with Gasteiger partial charge < -0.3 is 5.32 Å². The maximum Gasteiger partial charge on any atom is 0.124 e. The fourth-order valence-electron chi connectivity index (χ4n) is 1.95. The van der Waals surface area contributed by atoms with Crippen LogP contribution in [0, 0.1) is 9.39 Å². The summed E-state index contributed by atoms with van der Waals surface area (Å²) in [4.78, 5) is 0. The van der Waals surface area contributed by atoms with Gasteiger partial charge in [0.1, 0.15) is 5.82 Å². The first kappa shape index (κ1) is 15.4. The third-order valence-electron chi connectivity index (χ3n) is 2.83. The van der Waals surface area contributed by atoms with Crippen LogP contribution in [-0.2, 0) is 0 Å². The Morgan fingerprint density at radius 2 is 1.84 bits per heavy atom. The van der Waals surface area contributed by atoms with Gasteiger partial charge in [0.15, 0.2) is 0 Å². The van der Waals surface area contributed by atoms with Crippen LogP contribution in [0.25, 0.3) is 0 Å². The molecule has 0 amide bonds. The van der Waals surface area contributed by atoms with Crippen LogP contribution in [-0.4, -0.2) is 7.05 Å². The number of halogens is 4. The molecule has 2 rings (SSSR count). The molecule has 5 heteroatoms. The number of benzene rings is 2. The lowest BCUT2D eigenvalue weighted by Crippen LogP contribution is -2.19. The van der Waals surface area contributed by atoms with E-state index in [2.05, 4.69) is 65.8 Å². The molecule has 2 aromatic rings. The Morgan fingerprint density at radius 3 is 2.47 bits per heavy atom. The van der Waals surface area contributed by atoms with E-state index in [4.69, 9.17) is 0 Å². The van der Waals surface area contributed by atoms with Crippen LogP contribution >= 0.6 is 54.5 Å². The van der Waals surface area contributed by atoms with E-state index >= 15 is 0 Å². The smallest absolute Gasteiger partial charge is 0.124 e. The predicted octanol–water partition coefficient (Wildman–Crippen LogP) is 5.26. The molecule has 0 spiro atoms. The van der Waals surface area contributed by atoms with Gasteiger partial charge in [-0.1, -0.05) is 37.9 Å². The van der Waals surface area contributed by atoms with Gasteiger partial charge >= 0.3 is 0 Å². The molecule has 0 fully saturated rings. The summed E-state index contributed by atoms with van der Waals surface area (Å²) < 4.78 is 16.2. The summed E-state index contributed by atoms with van der Waals surface area (Å²) >= 11 is 9.22. The summed E-state index contributed by atoms with van der Waals surface area (Å²) in [6.45, 7) is 0. The second kappa shape index (κ2) is 6.65. The average Bonchev–Trinajstić information content (AvgIpc) is 2.36. The minimum Gasteiger partial charge on any atom is -0.309 e. The van der Waals surface area contributed by atoms with Crippen molar-refractivity contribution < 1.29 is 4.39 Å². The zero-order chi connectivity index (χ0) is 14.0. The number of hydrogen-bond acceptors (Lipinski definition) is 1. The van der Waals surface area contributed by atoms with Gasteiger partial charge in [-0.2, -0.15) is 0 Å². The molecule has 1 nitrogen and oxygen atoms in total. The van der Waals surface area contributed by atoms with E-state index in [0.717, 1.165) is 23.6 Å². The summed E-state index contributed by atoms with van der Waals surface area (Å²) in [6, 6.07) is 10.9. The molecule has 0 saturated heterocycles. The minimum absolute atomic E-state index is 0.0133. The Bertz CT molecular complexity index is 604. The largest absolute Gasteiger partial charge is 0.309 e. The zero-order valence-corrected chi connectivity index (χ0v) is 15.4. The van der Waals surface area contributed by atoms with Gasteiger partial charge in [0.05, 0.1) is 6.04 Å². The fourth-order valence-corrected chi connectivity index (χ4v) is 3.59. The fraction of sp³-hybridized carbons (Fsp3) is 0.143. The lowest BCUT2D eigenvalue weighted by molar-refractivity contribution is 0.621. The Balaban J connectivity index is 2.52. The molecule has 2 aromatic carbocycles. The van der Waals surface area contributed by atoms with Crippen LogP contribution in [0.4, 0.5) is 4.39 Å². The maximum absolute atomic E-state index is 13.2. The summed E-state index contributed by atoms with van der Waals surface area (Å²) in [6.07, 6.45) is 0. The lowest BCUT2D eigenvalue weighted by Gasteiger charge is -2.20. The van der Waals surface area contributed by atoms with Crippen LogP contribution in [0.3, 0.4) is 0 Å². The highest BCUT2D eigenvalue weighted by molar-refractivity contribution is 14.1. The first-order chi connectivity index (χ1) is 9.02. The van der Waals surface area contributed by atoms with Gasteiger partial charge in [0, 0.05) is 12.5 Å². The highest BCUT2D eigenvalue weighted by Gasteiger charge is 2.18. The van der Waals surface area contributed by atoms with E-state index in [1.165, 1.54) is 6.07 Å². The quantitative estimate of drug-likeness (QED) is 0.569. The van der Waals surface area contributed by atoms with Crippen molar-refractivity contribution in [2.45, 2.75) is 6.04 Å². The second-order valence-corrected chi connectivity index (χ2v) is 6.99. The first-order valence-corrected chi connectivity index (χ1v) is 8.26. The monoisotopic (exact) mass is 497 g/mol. The molecule has 1 N–H and O–H groups in total. The van der Waals surface area contributed by atoms with Gasteiger partial charge in [-0.3, -0.25) is 0 Å². The van der Waals surface area contributed by atoms with Crippen molar-refractivity contribution in [3.05, 3.63) is 65.9 Å². The predicted molar refractivity (Wildman–Crippen MR) is 91.9 cm³/mol. The van der Waals surface area contributed by atoms with Gasteiger partial charge in [-0.15, -0.1) is 0 Å². The van der Waals surface area contributed by atoms with Crippen LogP contribution < -0.4 is 5.32 Å². The van der Waals surface area contributed by atoms with Crippen molar-refractivity contribution in [3.8, 4) is 0 Å². The Hall–Kier alpha value is 0.0200. The molecule has 100 valence electrons. The second-order valence-electron chi connectivity index (χ2n) is 4.05. The molecule has 0 bridgehead atoms. The van der Waals surface area contributed by atoms with Crippen LogP contribution in [0.15, 0.2) is 45.3 Å². The molecule has 0 radical (unpaired) electrons. The average molecular weight is 499 g/mol. The number of rotatable bonds is 3. The van der Waals surface area contributed by atoms with E-state index in [1.807, 2.05) is 25.2 Å². The molecule has 1 atom stereocenters. The highest BCUT2D eigenvalue weighted by Crippen LogP contribution is 2.33. The molecular formula is C14H11Br2FIN. The van der Waals surface area contributed by atoms with Crippen LogP contribution in [0.5, 0.6) is 0 Å². The topological polar surface area (TPSA) is 12.0 Å². The minimum atomic E-state index is -0.212. The van der Waals surface area contributed by atoms with Gasteiger partial charge in [0.2, 0.25) is 0 Å². The van der Waals surface area contributed by atoms with Crippen molar-refractivity contribution >= 4 is 54.5 Å². The van der Waals surface area contributed by atoms with Crippen molar-refractivity contribution in [1.29, 1.82) is 0 Å². The van der Waals surface area contributed by atoms with E-state index < -0.39 is 0 Å². The molecule has 0 aliphatic rings. The maximum atomic E-state index is 13.2. The summed E-state index contributed by atoms with van der Waals surface area (Å²) in [5, 5.41) is 3.28. The normalized spacial score (nSPS) is 12.5. The van der Waals surface area contributed by atoms with Crippen molar-refractivity contribution in [2.75, 3.05) is 7.05 Å². The van der Waals surface area contributed by atoms with Gasteiger partial charge in [0.25, 0.3) is 0 Å². The van der Waals surface area contributed by atoms with Crippen LogP contribution in [0.1, 0.15) is 17.2 Å². The lowest BCUT2D eigenvalue weighted by atomic mass is 9.99. The van der Waals surface area contributed by atoms with E-state index in [-0.39, 0.29) is 11.9 Å².